The fraction of sp³-hybridized carbons (Fsp3) is 0.345. The summed E-state index contributed by atoms with van der Waals surface area (Å²) in [7, 11) is 1.43. The minimum Gasteiger partial charge on any atom is -0.397 e. The maximum absolute atomic E-state index is 14.0. The first-order chi connectivity index (χ1) is 20.9. The number of rotatable bonds is 5. The van der Waals surface area contributed by atoms with Gasteiger partial charge in [0.2, 0.25) is 0 Å². The number of hydrogen-bond donors (Lipinski definition) is 3. The summed E-state index contributed by atoms with van der Waals surface area (Å²) in [5.74, 6) is -0.865. The van der Waals surface area contributed by atoms with Crippen LogP contribution in [0.5, 0.6) is 0 Å². The molecule has 1 spiro atoms. The minimum atomic E-state index is -4.79. The second kappa shape index (κ2) is 11.2. The molecule has 230 valence electrons. The normalized spacial score (nSPS) is 16.4. The number of aromatic nitrogens is 5. The number of carbonyl (C=O) groups excluding carboxylic acids is 2. The Morgan fingerprint density at radius 1 is 1.09 bits per heavy atom. The molecule has 0 unspecified atom stereocenters. The summed E-state index contributed by atoms with van der Waals surface area (Å²) in [5.41, 5.74) is 5.44. The molecule has 2 aliphatic rings. The molecule has 0 radical (unpaired) electrons. The highest BCUT2D eigenvalue weighted by molar-refractivity contribution is 6.34. The monoisotopic (exact) mass is 627 g/mol. The highest BCUT2D eigenvalue weighted by Crippen LogP contribution is 2.38. The molecule has 1 aromatic carbocycles. The first-order valence-corrected chi connectivity index (χ1v) is 14.3. The summed E-state index contributed by atoms with van der Waals surface area (Å²) >= 11 is 6.47. The second-order valence-corrected chi connectivity index (χ2v) is 11.6. The number of alkyl halides is 3. The Morgan fingerprint density at radius 2 is 1.86 bits per heavy atom. The first kappa shape index (κ1) is 29.6. The van der Waals surface area contributed by atoms with Gasteiger partial charge in [0.05, 0.1) is 39.9 Å². The third kappa shape index (κ3) is 5.62. The van der Waals surface area contributed by atoms with Crippen molar-refractivity contribution in [2.45, 2.75) is 25.4 Å². The summed E-state index contributed by atoms with van der Waals surface area (Å²) < 4.78 is 44.1. The maximum atomic E-state index is 14.0. The van der Waals surface area contributed by atoms with Crippen LogP contribution in [-0.4, -0.2) is 67.2 Å². The molecule has 2 amide bonds. The van der Waals surface area contributed by atoms with Crippen LogP contribution in [0.1, 0.15) is 45.9 Å². The van der Waals surface area contributed by atoms with Crippen LogP contribution < -0.4 is 16.4 Å². The van der Waals surface area contributed by atoms with Gasteiger partial charge in [-0.05, 0) is 61.6 Å². The van der Waals surface area contributed by atoms with Crippen LogP contribution in [-0.2, 0) is 13.2 Å². The van der Waals surface area contributed by atoms with Crippen molar-refractivity contribution < 1.29 is 22.8 Å². The van der Waals surface area contributed by atoms with Crippen molar-refractivity contribution in [3.8, 4) is 17.1 Å². The lowest BCUT2D eigenvalue weighted by atomic mass is 9.78. The third-order valence-electron chi connectivity index (χ3n) is 8.36. The smallest absolute Gasteiger partial charge is 0.397 e. The number of likely N-dealkylation sites (tertiary alicyclic amines) is 1. The number of nitrogens with one attached hydrogen (secondary N) is 2. The van der Waals surface area contributed by atoms with Crippen LogP contribution in [0, 0.1) is 5.41 Å². The molecule has 4 aromatic rings. The molecule has 2 saturated heterocycles. The molecule has 11 nitrogen and oxygen atoms in total. The lowest BCUT2D eigenvalue weighted by molar-refractivity contribution is -0.140. The van der Waals surface area contributed by atoms with E-state index in [1.54, 1.807) is 17.0 Å². The number of nitrogens with two attached hydrogens (primary N) is 1. The summed E-state index contributed by atoms with van der Waals surface area (Å²) in [6.45, 7) is 3.30. The SMILES string of the molecule is Cn1c(-c2cn(-c3ccc(N)cn3)nc2C(F)(F)F)cnc1C(=O)Nc1ccc(C(=O)N2CCC3(CCNC3)CC2)c(Cl)c1. The van der Waals surface area contributed by atoms with Gasteiger partial charge in [0.1, 0.15) is 0 Å². The molecule has 2 fully saturated rings. The average molecular weight is 628 g/mol. The van der Waals surface area contributed by atoms with Crippen LogP contribution in [0.2, 0.25) is 5.02 Å². The molecule has 5 heterocycles. The number of nitrogen functional groups attached to an aromatic ring is 1. The molecular formula is C29H29ClF3N9O2. The number of pyridine rings is 1. The minimum absolute atomic E-state index is 0.0137. The number of hydrogen-bond acceptors (Lipinski definition) is 7. The Labute approximate surface area is 255 Å². The standard InChI is InChI=1S/C29H29ClF3N9O2/c1-40-22(20-15-42(39-24(20)29(31,32)33)23-5-2-17(34)13-36-23)14-37-25(40)26(43)38-18-3-4-19(21(30)12-18)27(44)41-10-7-28(8-11-41)6-9-35-16-28/h2-5,12-15,35H,6-11,16,34H2,1H3,(H,38,43). The number of imidazole rings is 1. The van der Waals surface area contributed by atoms with Crippen LogP contribution in [0.15, 0.2) is 48.9 Å². The Hall–Kier alpha value is -4.43. The lowest BCUT2D eigenvalue weighted by Gasteiger charge is -2.39. The van der Waals surface area contributed by atoms with Gasteiger partial charge in [-0.2, -0.15) is 18.3 Å². The Balaban J connectivity index is 1.19. The number of benzene rings is 1. The fourth-order valence-corrected chi connectivity index (χ4v) is 6.08. The number of nitrogens with zero attached hydrogens (tertiary/aromatic N) is 6. The summed E-state index contributed by atoms with van der Waals surface area (Å²) in [5, 5.41) is 9.95. The molecule has 6 rings (SSSR count). The van der Waals surface area contributed by atoms with Gasteiger partial charge in [-0.1, -0.05) is 11.6 Å². The summed E-state index contributed by atoms with van der Waals surface area (Å²) in [6, 6.07) is 7.51. The zero-order valence-corrected chi connectivity index (χ0v) is 24.4. The molecule has 0 aliphatic carbocycles. The van der Waals surface area contributed by atoms with Gasteiger partial charge in [-0.25, -0.2) is 14.6 Å². The molecule has 0 atom stereocenters. The number of anilines is 2. The molecule has 0 saturated carbocycles. The van der Waals surface area contributed by atoms with Gasteiger partial charge in [0.15, 0.2) is 17.3 Å². The van der Waals surface area contributed by atoms with E-state index in [2.05, 4.69) is 25.7 Å². The van der Waals surface area contributed by atoms with Crippen molar-refractivity contribution in [2.75, 3.05) is 37.2 Å². The molecule has 2 aliphatic heterocycles. The van der Waals surface area contributed by atoms with Crippen LogP contribution in [0.4, 0.5) is 24.5 Å². The quantitative estimate of drug-likeness (QED) is 0.299. The number of piperidine rings is 1. The Morgan fingerprint density at radius 3 is 2.50 bits per heavy atom. The van der Waals surface area contributed by atoms with Gasteiger partial charge in [-0.3, -0.25) is 9.59 Å². The van der Waals surface area contributed by atoms with Gasteiger partial charge in [0, 0.05) is 38.6 Å². The van der Waals surface area contributed by atoms with E-state index in [1.807, 2.05) is 0 Å². The number of carbonyl (C=O) groups is 2. The van der Waals surface area contributed by atoms with E-state index in [4.69, 9.17) is 17.3 Å². The molecule has 15 heteroatoms. The van der Waals surface area contributed by atoms with E-state index < -0.39 is 17.8 Å². The Kier molecular flexibility index (Phi) is 7.58. The van der Waals surface area contributed by atoms with Gasteiger partial charge < -0.3 is 25.8 Å². The number of amides is 2. The topological polar surface area (TPSA) is 136 Å². The van der Waals surface area contributed by atoms with E-state index >= 15 is 0 Å². The van der Waals surface area contributed by atoms with Crippen molar-refractivity contribution in [3.05, 3.63) is 71.0 Å². The van der Waals surface area contributed by atoms with E-state index in [0.717, 1.165) is 37.0 Å². The van der Waals surface area contributed by atoms with Crippen molar-refractivity contribution >= 4 is 34.8 Å². The van der Waals surface area contributed by atoms with Crippen molar-refractivity contribution in [2.24, 2.45) is 12.5 Å². The molecule has 3 aromatic heterocycles. The molecule has 0 bridgehead atoms. The van der Waals surface area contributed by atoms with E-state index in [1.165, 1.54) is 48.4 Å². The van der Waals surface area contributed by atoms with E-state index in [0.29, 0.717) is 30.0 Å². The fourth-order valence-electron chi connectivity index (χ4n) is 5.82. The zero-order valence-electron chi connectivity index (χ0n) is 23.7. The van der Waals surface area contributed by atoms with E-state index in [9.17, 15) is 22.8 Å². The van der Waals surface area contributed by atoms with Crippen molar-refractivity contribution in [3.63, 3.8) is 0 Å². The zero-order chi connectivity index (χ0) is 31.2. The second-order valence-electron chi connectivity index (χ2n) is 11.2. The summed E-state index contributed by atoms with van der Waals surface area (Å²) in [4.78, 5) is 36.2. The molecule has 44 heavy (non-hydrogen) atoms. The van der Waals surface area contributed by atoms with Gasteiger partial charge in [-0.15, -0.1) is 0 Å². The third-order valence-corrected chi connectivity index (χ3v) is 8.67. The van der Waals surface area contributed by atoms with Crippen LogP contribution in [0.25, 0.3) is 17.1 Å². The first-order valence-electron chi connectivity index (χ1n) is 14.0. The molecular weight excluding hydrogens is 599 g/mol. The Bertz CT molecular complexity index is 1720. The van der Waals surface area contributed by atoms with Crippen LogP contribution >= 0.6 is 11.6 Å². The predicted molar refractivity (Wildman–Crippen MR) is 157 cm³/mol. The highest BCUT2D eigenvalue weighted by Gasteiger charge is 2.40. The van der Waals surface area contributed by atoms with Crippen LogP contribution in [0.3, 0.4) is 0 Å². The van der Waals surface area contributed by atoms with Gasteiger partial charge in [0.25, 0.3) is 11.8 Å². The maximum Gasteiger partial charge on any atom is 0.435 e. The largest absolute Gasteiger partial charge is 0.435 e. The highest BCUT2D eigenvalue weighted by atomic mass is 35.5. The van der Waals surface area contributed by atoms with Gasteiger partial charge >= 0.3 is 6.18 Å². The number of halogens is 4. The average Bonchev–Trinajstić information content (AvgIpc) is 3.72. The van der Waals surface area contributed by atoms with Crippen molar-refractivity contribution in [1.82, 2.24) is 34.5 Å². The van der Waals surface area contributed by atoms with E-state index in [-0.39, 0.29) is 39.2 Å². The summed E-state index contributed by atoms with van der Waals surface area (Å²) in [6.07, 6.45) is 1.85. The lowest BCUT2D eigenvalue weighted by Crippen LogP contribution is -2.44. The molecule has 4 N–H and O–H groups in total. The predicted octanol–water partition coefficient (Wildman–Crippen LogP) is 4.39. The van der Waals surface area contributed by atoms with Crippen molar-refractivity contribution in [1.29, 1.82) is 0 Å².